The molecule has 2 aliphatic heterocycles. The summed E-state index contributed by atoms with van der Waals surface area (Å²) in [4.78, 5) is 17.0. The van der Waals surface area contributed by atoms with Gasteiger partial charge in [-0.3, -0.25) is 9.69 Å². The summed E-state index contributed by atoms with van der Waals surface area (Å²) in [6.45, 7) is 9.84. The predicted molar refractivity (Wildman–Crippen MR) is 115 cm³/mol. The van der Waals surface area contributed by atoms with Gasteiger partial charge in [0.25, 0.3) is 0 Å². The molecular formula is C24H35N3O. The summed E-state index contributed by atoms with van der Waals surface area (Å²) in [5.41, 5.74) is 2.80. The van der Waals surface area contributed by atoms with Crippen LogP contribution >= 0.6 is 0 Å². The number of rotatable bonds is 6. The van der Waals surface area contributed by atoms with Gasteiger partial charge in [-0.2, -0.15) is 0 Å². The van der Waals surface area contributed by atoms with Crippen LogP contribution in [0.25, 0.3) is 10.9 Å². The number of aromatic nitrogens is 1. The monoisotopic (exact) mass is 381 g/mol. The first kappa shape index (κ1) is 19.5. The van der Waals surface area contributed by atoms with Crippen molar-refractivity contribution in [2.45, 2.75) is 65.0 Å². The van der Waals surface area contributed by atoms with Crippen molar-refractivity contribution in [1.29, 1.82) is 0 Å². The van der Waals surface area contributed by atoms with E-state index in [4.69, 9.17) is 0 Å². The number of nitrogens with zero attached hydrogens (tertiary/aromatic N) is 3. The maximum Gasteiger partial charge on any atom is 0.222 e. The standard InChI is InChI=1S/C24H35N3O/c1-19(2)27-18-21(22-7-3-4-8-23(22)27)17-25-15-11-20(12-16-25)9-10-24(28)26-13-5-6-14-26/h3-4,7-8,18-20H,5-6,9-17H2,1-2H3. The molecular weight excluding hydrogens is 346 g/mol. The van der Waals surface area contributed by atoms with Gasteiger partial charge in [-0.15, -0.1) is 0 Å². The minimum Gasteiger partial charge on any atom is -0.345 e. The molecule has 1 aromatic heterocycles. The molecule has 4 nitrogen and oxygen atoms in total. The zero-order chi connectivity index (χ0) is 19.5. The average Bonchev–Trinajstić information content (AvgIpc) is 3.36. The van der Waals surface area contributed by atoms with Gasteiger partial charge in [-0.1, -0.05) is 18.2 Å². The number of benzene rings is 1. The number of fused-ring (bicyclic) bond motifs is 1. The first-order valence-electron chi connectivity index (χ1n) is 11.2. The number of hydrogen-bond acceptors (Lipinski definition) is 2. The Hall–Kier alpha value is -1.81. The van der Waals surface area contributed by atoms with Gasteiger partial charge in [0, 0.05) is 49.2 Å². The third-order valence-corrected chi connectivity index (χ3v) is 6.71. The van der Waals surface area contributed by atoms with Gasteiger partial charge in [0.1, 0.15) is 0 Å². The topological polar surface area (TPSA) is 28.5 Å². The lowest BCUT2D eigenvalue weighted by Crippen LogP contribution is -2.34. The van der Waals surface area contributed by atoms with Crippen molar-refractivity contribution >= 4 is 16.8 Å². The van der Waals surface area contributed by atoms with E-state index in [1.54, 1.807) is 0 Å². The molecule has 28 heavy (non-hydrogen) atoms. The van der Waals surface area contributed by atoms with E-state index in [0.29, 0.717) is 11.9 Å². The largest absolute Gasteiger partial charge is 0.345 e. The maximum absolute atomic E-state index is 12.3. The fraction of sp³-hybridized carbons (Fsp3) is 0.625. The highest BCUT2D eigenvalue weighted by Gasteiger charge is 2.23. The van der Waals surface area contributed by atoms with Crippen LogP contribution in [0.3, 0.4) is 0 Å². The summed E-state index contributed by atoms with van der Waals surface area (Å²) in [5, 5.41) is 1.40. The SMILES string of the molecule is CC(C)n1cc(CN2CCC(CCC(=O)N3CCCC3)CC2)c2ccccc21. The first-order valence-corrected chi connectivity index (χ1v) is 11.2. The lowest BCUT2D eigenvalue weighted by Gasteiger charge is -2.32. The number of carbonyl (C=O) groups excluding carboxylic acids is 1. The minimum atomic E-state index is 0.390. The van der Waals surface area contributed by atoms with Crippen LogP contribution < -0.4 is 0 Å². The van der Waals surface area contributed by atoms with E-state index in [1.807, 2.05) is 0 Å². The smallest absolute Gasteiger partial charge is 0.222 e. The van der Waals surface area contributed by atoms with Gasteiger partial charge >= 0.3 is 0 Å². The highest BCUT2D eigenvalue weighted by atomic mass is 16.2. The molecule has 2 saturated heterocycles. The Bertz CT molecular complexity index is 795. The van der Waals surface area contributed by atoms with E-state index in [9.17, 15) is 4.79 Å². The molecule has 1 amide bonds. The van der Waals surface area contributed by atoms with Gasteiger partial charge in [-0.25, -0.2) is 0 Å². The summed E-state index contributed by atoms with van der Waals surface area (Å²) >= 11 is 0. The first-order chi connectivity index (χ1) is 13.6. The molecule has 152 valence electrons. The Labute approximate surface area is 169 Å². The van der Waals surface area contributed by atoms with Crippen LogP contribution in [-0.2, 0) is 11.3 Å². The zero-order valence-electron chi connectivity index (χ0n) is 17.6. The van der Waals surface area contributed by atoms with Crippen LogP contribution in [-0.4, -0.2) is 46.5 Å². The molecule has 0 spiro atoms. The Kier molecular flexibility index (Phi) is 6.05. The van der Waals surface area contributed by atoms with Crippen LogP contribution in [0.15, 0.2) is 30.5 Å². The third-order valence-electron chi connectivity index (χ3n) is 6.71. The van der Waals surface area contributed by atoms with Crippen molar-refractivity contribution < 1.29 is 4.79 Å². The fourth-order valence-electron chi connectivity index (χ4n) is 4.96. The van der Waals surface area contributed by atoms with E-state index < -0.39 is 0 Å². The third kappa shape index (κ3) is 4.27. The number of likely N-dealkylation sites (tertiary alicyclic amines) is 2. The fourth-order valence-corrected chi connectivity index (χ4v) is 4.96. The molecule has 4 rings (SSSR count). The van der Waals surface area contributed by atoms with E-state index in [1.165, 1.54) is 42.1 Å². The van der Waals surface area contributed by atoms with Crippen LogP contribution in [0.4, 0.5) is 0 Å². The molecule has 1 aromatic carbocycles. The Morgan fingerprint density at radius 1 is 1.07 bits per heavy atom. The van der Waals surface area contributed by atoms with Crippen molar-refractivity contribution in [2.75, 3.05) is 26.2 Å². The second kappa shape index (κ2) is 8.69. The Morgan fingerprint density at radius 2 is 1.79 bits per heavy atom. The van der Waals surface area contributed by atoms with Gasteiger partial charge in [0.05, 0.1) is 0 Å². The number of hydrogen-bond donors (Lipinski definition) is 0. The molecule has 2 aliphatic rings. The molecule has 4 heteroatoms. The summed E-state index contributed by atoms with van der Waals surface area (Å²) < 4.78 is 2.40. The number of piperidine rings is 1. The van der Waals surface area contributed by atoms with Crippen molar-refractivity contribution in [3.05, 3.63) is 36.0 Å². The Balaban J connectivity index is 1.30. The van der Waals surface area contributed by atoms with E-state index >= 15 is 0 Å². The summed E-state index contributed by atoms with van der Waals surface area (Å²) in [6.07, 6.45) is 9.04. The number of para-hydroxylation sites is 1. The molecule has 0 saturated carbocycles. The lowest BCUT2D eigenvalue weighted by atomic mass is 9.91. The van der Waals surface area contributed by atoms with Crippen LogP contribution in [0.2, 0.25) is 0 Å². The number of amides is 1. The Morgan fingerprint density at radius 3 is 2.50 bits per heavy atom. The molecule has 0 bridgehead atoms. The van der Waals surface area contributed by atoms with Crippen LogP contribution in [0.5, 0.6) is 0 Å². The molecule has 3 heterocycles. The van der Waals surface area contributed by atoms with Crippen LogP contribution in [0, 0.1) is 5.92 Å². The normalized spacial score (nSPS) is 19.2. The van der Waals surface area contributed by atoms with Gasteiger partial charge < -0.3 is 9.47 Å². The lowest BCUT2D eigenvalue weighted by molar-refractivity contribution is -0.130. The van der Waals surface area contributed by atoms with E-state index in [0.717, 1.165) is 51.5 Å². The van der Waals surface area contributed by atoms with Crippen molar-refractivity contribution in [3.63, 3.8) is 0 Å². The van der Waals surface area contributed by atoms with Crippen LogP contribution in [0.1, 0.15) is 64.0 Å². The summed E-state index contributed by atoms with van der Waals surface area (Å²) in [7, 11) is 0. The van der Waals surface area contributed by atoms with Crippen molar-refractivity contribution in [3.8, 4) is 0 Å². The number of carbonyl (C=O) groups is 1. The molecule has 0 aliphatic carbocycles. The molecule has 2 fully saturated rings. The van der Waals surface area contributed by atoms with Gasteiger partial charge in [0.2, 0.25) is 5.91 Å². The van der Waals surface area contributed by atoms with Gasteiger partial charge in [0.15, 0.2) is 0 Å². The second-order valence-electron chi connectivity index (χ2n) is 9.02. The quantitative estimate of drug-likeness (QED) is 0.716. The molecule has 0 atom stereocenters. The average molecular weight is 382 g/mol. The van der Waals surface area contributed by atoms with E-state index in [2.05, 4.69) is 58.7 Å². The predicted octanol–water partition coefficient (Wildman–Crippen LogP) is 4.84. The van der Waals surface area contributed by atoms with Gasteiger partial charge in [-0.05, 0) is 76.6 Å². The van der Waals surface area contributed by atoms with E-state index in [-0.39, 0.29) is 0 Å². The molecule has 0 radical (unpaired) electrons. The summed E-state index contributed by atoms with van der Waals surface area (Å²) in [5.74, 6) is 1.11. The summed E-state index contributed by atoms with van der Waals surface area (Å²) in [6, 6.07) is 9.28. The zero-order valence-corrected chi connectivity index (χ0v) is 17.6. The van der Waals surface area contributed by atoms with Crippen molar-refractivity contribution in [1.82, 2.24) is 14.4 Å². The highest BCUT2D eigenvalue weighted by Crippen LogP contribution is 2.28. The molecule has 0 unspecified atom stereocenters. The highest BCUT2D eigenvalue weighted by molar-refractivity contribution is 5.84. The molecule has 0 N–H and O–H groups in total. The second-order valence-corrected chi connectivity index (χ2v) is 9.02. The van der Waals surface area contributed by atoms with Crippen molar-refractivity contribution in [2.24, 2.45) is 5.92 Å². The molecule has 2 aromatic rings. The maximum atomic E-state index is 12.3. The minimum absolute atomic E-state index is 0.390.